The number of carboxylic acid groups (broad SMARTS) is 1. The minimum absolute atomic E-state index is 0.270. The van der Waals surface area contributed by atoms with Gasteiger partial charge in [0, 0.05) is 25.7 Å². The van der Waals surface area contributed by atoms with E-state index in [4.69, 9.17) is 9.84 Å². The van der Waals surface area contributed by atoms with Crippen molar-refractivity contribution in [3.63, 3.8) is 0 Å². The molecule has 0 atom stereocenters. The smallest absolute Gasteiger partial charge is 0.303 e. The largest absolute Gasteiger partial charge is 0.497 e. The van der Waals surface area contributed by atoms with E-state index in [0.717, 1.165) is 37.2 Å². The average molecular weight is 251 g/mol. The molecule has 4 nitrogen and oxygen atoms in total. The molecule has 0 fully saturated rings. The van der Waals surface area contributed by atoms with Crippen molar-refractivity contribution in [3.8, 4) is 5.75 Å². The average Bonchev–Trinajstić information content (AvgIpc) is 2.38. The number of hydrogen-bond donors (Lipinski definition) is 1. The van der Waals surface area contributed by atoms with Gasteiger partial charge in [0.05, 0.1) is 7.11 Å². The van der Waals surface area contributed by atoms with Gasteiger partial charge in [0.1, 0.15) is 5.75 Å². The van der Waals surface area contributed by atoms with Crippen LogP contribution in [-0.4, -0.2) is 31.8 Å². The summed E-state index contributed by atoms with van der Waals surface area (Å²) in [4.78, 5) is 12.5. The highest BCUT2D eigenvalue weighted by molar-refractivity contribution is 5.66. The molecule has 0 spiro atoms. The molecule has 1 rings (SSSR count). The fraction of sp³-hybridized carbons (Fsp3) is 0.500. The Labute approximate surface area is 108 Å². The van der Waals surface area contributed by atoms with Crippen LogP contribution < -0.4 is 9.64 Å². The predicted octanol–water partition coefficient (Wildman–Crippen LogP) is 2.78. The van der Waals surface area contributed by atoms with Crippen LogP contribution in [0.25, 0.3) is 0 Å². The van der Waals surface area contributed by atoms with Gasteiger partial charge >= 0.3 is 5.97 Å². The molecule has 0 bridgehead atoms. The number of aliphatic carboxylic acids is 1. The first-order valence-corrected chi connectivity index (χ1v) is 6.20. The highest BCUT2D eigenvalue weighted by Crippen LogP contribution is 2.18. The molecule has 100 valence electrons. The maximum Gasteiger partial charge on any atom is 0.303 e. The van der Waals surface area contributed by atoms with Crippen molar-refractivity contribution in [1.29, 1.82) is 0 Å². The number of hydrogen-bond acceptors (Lipinski definition) is 3. The van der Waals surface area contributed by atoms with Crippen molar-refractivity contribution < 1.29 is 14.6 Å². The van der Waals surface area contributed by atoms with Crippen molar-refractivity contribution in [2.75, 3.05) is 25.6 Å². The number of ether oxygens (including phenoxy) is 1. The van der Waals surface area contributed by atoms with Crippen LogP contribution in [0.15, 0.2) is 24.3 Å². The third-order valence-electron chi connectivity index (χ3n) is 2.90. The molecule has 0 saturated heterocycles. The lowest BCUT2D eigenvalue weighted by molar-refractivity contribution is -0.137. The van der Waals surface area contributed by atoms with E-state index in [1.54, 1.807) is 7.11 Å². The summed E-state index contributed by atoms with van der Waals surface area (Å²) >= 11 is 0. The van der Waals surface area contributed by atoms with Gasteiger partial charge in [0.25, 0.3) is 0 Å². The number of carbonyl (C=O) groups is 1. The fourth-order valence-electron chi connectivity index (χ4n) is 1.77. The van der Waals surface area contributed by atoms with E-state index in [9.17, 15) is 4.79 Å². The third-order valence-corrected chi connectivity index (χ3v) is 2.90. The van der Waals surface area contributed by atoms with E-state index < -0.39 is 5.97 Å². The van der Waals surface area contributed by atoms with Gasteiger partial charge in [0.2, 0.25) is 0 Å². The first-order chi connectivity index (χ1) is 8.63. The van der Waals surface area contributed by atoms with Crippen molar-refractivity contribution in [1.82, 2.24) is 0 Å². The van der Waals surface area contributed by atoms with Crippen molar-refractivity contribution >= 4 is 11.7 Å². The van der Waals surface area contributed by atoms with Crippen molar-refractivity contribution in [2.45, 2.75) is 25.7 Å². The zero-order valence-corrected chi connectivity index (χ0v) is 11.1. The third kappa shape index (κ3) is 5.08. The summed E-state index contributed by atoms with van der Waals surface area (Å²) in [7, 11) is 3.69. The van der Waals surface area contributed by atoms with Gasteiger partial charge in [-0.15, -0.1) is 0 Å². The zero-order valence-electron chi connectivity index (χ0n) is 11.1. The van der Waals surface area contributed by atoms with E-state index >= 15 is 0 Å². The Hall–Kier alpha value is -1.71. The van der Waals surface area contributed by atoms with Gasteiger partial charge in [-0.3, -0.25) is 4.79 Å². The molecule has 0 unspecified atom stereocenters. The molecular formula is C14H21NO3. The summed E-state index contributed by atoms with van der Waals surface area (Å²) < 4.78 is 5.11. The predicted molar refractivity (Wildman–Crippen MR) is 72.4 cm³/mol. The van der Waals surface area contributed by atoms with Gasteiger partial charge in [-0.2, -0.15) is 0 Å². The molecule has 4 heteroatoms. The molecule has 0 aliphatic carbocycles. The molecule has 0 aliphatic heterocycles. The van der Waals surface area contributed by atoms with Gasteiger partial charge in [-0.25, -0.2) is 0 Å². The van der Waals surface area contributed by atoms with E-state index in [0.29, 0.717) is 0 Å². The monoisotopic (exact) mass is 251 g/mol. The normalized spacial score (nSPS) is 10.1. The van der Waals surface area contributed by atoms with E-state index in [2.05, 4.69) is 4.90 Å². The molecule has 0 amide bonds. The summed E-state index contributed by atoms with van der Waals surface area (Å²) in [5.74, 6) is 0.145. The van der Waals surface area contributed by atoms with Crippen LogP contribution >= 0.6 is 0 Å². The Morgan fingerprint density at radius 3 is 2.44 bits per heavy atom. The summed E-state index contributed by atoms with van der Waals surface area (Å²) in [5, 5.41) is 8.53. The molecule has 1 aromatic rings. The number of carboxylic acids is 1. The minimum atomic E-state index is -0.710. The minimum Gasteiger partial charge on any atom is -0.497 e. The maximum atomic E-state index is 10.4. The first-order valence-electron chi connectivity index (χ1n) is 6.20. The standard InChI is InChI=1S/C14H21NO3/c1-15(11-5-3-4-6-14(16)17)12-7-9-13(18-2)10-8-12/h7-10H,3-6,11H2,1-2H3,(H,16,17). The molecule has 1 N–H and O–H groups in total. The Bertz CT molecular complexity index is 362. The Morgan fingerprint density at radius 2 is 1.89 bits per heavy atom. The zero-order chi connectivity index (χ0) is 13.4. The number of rotatable bonds is 8. The lowest BCUT2D eigenvalue weighted by Crippen LogP contribution is -2.18. The lowest BCUT2D eigenvalue weighted by Gasteiger charge is -2.19. The van der Waals surface area contributed by atoms with Crippen LogP contribution in [0.5, 0.6) is 5.75 Å². The summed E-state index contributed by atoms with van der Waals surface area (Å²) in [5.41, 5.74) is 1.15. The van der Waals surface area contributed by atoms with Crippen LogP contribution in [-0.2, 0) is 4.79 Å². The number of methoxy groups -OCH3 is 1. The van der Waals surface area contributed by atoms with Gasteiger partial charge in [0.15, 0.2) is 0 Å². The highest BCUT2D eigenvalue weighted by Gasteiger charge is 2.02. The molecule has 0 radical (unpaired) electrons. The van der Waals surface area contributed by atoms with Crippen LogP contribution in [0.3, 0.4) is 0 Å². The summed E-state index contributed by atoms with van der Waals surface area (Å²) in [6.07, 6.45) is 2.99. The number of nitrogens with zero attached hydrogens (tertiary/aromatic N) is 1. The number of anilines is 1. The second-order valence-corrected chi connectivity index (χ2v) is 4.32. The van der Waals surface area contributed by atoms with Gasteiger partial charge in [-0.1, -0.05) is 6.42 Å². The molecule has 0 aromatic heterocycles. The maximum absolute atomic E-state index is 10.4. The number of benzene rings is 1. The fourth-order valence-corrected chi connectivity index (χ4v) is 1.77. The Kier molecular flexibility index (Phi) is 6.05. The first kappa shape index (κ1) is 14.4. The van der Waals surface area contributed by atoms with Gasteiger partial charge < -0.3 is 14.7 Å². The van der Waals surface area contributed by atoms with Crippen LogP contribution in [0.4, 0.5) is 5.69 Å². The molecule has 0 heterocycles. The quantitative estimate of drug-likeness (QED) is 0.722. The highest BCUT2D eigenvalue weighted by atomic mass is 16.5. The summed E-state index contributed by atoms with van der Waals surface area (Å²) in [6, 6.07) is 7.93. The SMILES string of the molecule is COc1ccc(N(C)CCCCCC(=O)O)cc1. The van der Waals surface area contributed by atoms with E-state index in [1.807, 2.05) is 31.3 Å². The Balaban J connectivity index is 2.27. The molecule has 0 saturated carbocycles. The lowest BCUT2D eigenvalue weighted by atomic mass is 10.2. The van der Waals surface area contributed by atoms with Gasteiger partial charge in [-0.05, 0) is 37.1 Å². The summed E-state index contributed by atoms with van der Waals surface area (Å²) in [6.45, 7) is 0.936. The Morgan fingerprint density at radius 1 is 1.22 bits per heavy atom. The topological polar surface area (TPSA) is 49.8 Å². The van der Waals surface area contributed by atoms with E-state index in [-0.39, 0.29) is 6.42 Å². The molecule has 0 aliphatic rings. The van der Waals surface area contributed by atoms with E-state index in [1.165, 1.54) is 0 Å². The van der Waals surface area contributed by atoms with Crippen LogP contribution in [0.2, 0.25) is 0 Å². The second-order valence-electron chi connectivity index (χ2n) is 4.32. The van der Waals surface area contributed by atoms with Crippen molar-refractivity contribution in [3.05, 3.63) is 24.3 Å². The molecule has 1 aromatic carbocycles. The van der Waals surface area contributed by atoms with Crippen LogP contribution in [0, 0.1) is 0 Å². The second kappa shape index (κ2) is 7.58. The van der Waals surface area contributed by atoms with Crippen molar-refractivity contribution in [2.24, 2.45) is 0 Å². The number of unbranched alkanes of at least 4 members (excludes halogenated alkanes) is 2. The van der Waals surface area contributed by atoms with Crippen LogP contribution in [0.1, 0.15) is 25.7 Å². The molecular weight excluding hydrogens is 230 g/mol. The molecule has 18 heavy (non-hydrogen) atoms.